The number of hydrogen-bond donors (Lipinski definition) is 1. The Bertz CT molecular complexity index is 793. The average Bonchev–Trinajstić information content (AvgIpc) is 2.97. The summed E-state index contributed by atoms with van der Waals surface area (Å²) in [5, 5.41) is 3.34. The second kappa shape index (κ2) is 7.01. The number of thiophene rings is 1. The Morgan fingerprint density at radius 3 is 2.88 bits per heavy atom. The van der Waals surface area contributed by atoms with Gasteiger partial charge in [0.1, 0.15) is 12.3 Å². The van der Waals surface area contributed by atoms with Crippen LogP contribution in [-0.4, -0.2) is 25.0 Å². The lowest BCUT2D eigenvalue weighted by molar-refractivity contribution is -0.125. The van der Waals surface area contributed by atoms with E-state index in [1.54, 1.807) is 24.3 Å². The topological polar surface area (TPSA) is 58.6 Å². The van der Waals surface area contributed by atoms with Gasteiger partial charge in [-0.3, -0.25) is 14.5 Å². The molecule has 1 atom stereocenters. The summed E-state index contributed by atoms with van der Waals surface area (Å²) in [6, 6.07) is 8.44. The number of carbonyl (C=O) groups excluding carboxylic acids is 2. The van der Waals surface area contributed by atoms with E-state index < -0.39 is 0 Å². The van der Waals surface area contributed by atoms with Crippen LogP contribution in [0.3, 0.4) is 0 Å². The van der Waals surface area contributed by atoms with E-state index in [1.807, 2.05) is 13.0 Å². The largest absolute Gasteiger partial charge is 0.482 e. The lowest BCUT2D eigenvalue weighted by Crippen LogP contribution is -2.45. The molecule has 2 aromatic rings. The molecule has 24 heavy (non-hydrogen) atoms. The van der Waals surface area contributed by atoms with Crippen molar-refractivity contribution in [3.63, 3.8) is 0 Å². The van der Waals surface area contributed by atoms with Crippen LogP contribution in [0.1, 0.15) is 17.8 Å². The standard InChI is InChI=1S/C16H14Cl2N2O3S/c1-9(13-4-5-14(18)24-13)19-15(21)7-20-11-6-10(17)2-3-12(11)23-8-16(20)22/h2-6,9H,7-8H2,1H3,(H,19,21). The summed E-state index contributed by atoms with van der Waals surface area (Å²) in [7, 11) is 0. The van der Waals surface area contributed by atoms with Crippen LogP contribution in [0.15, 0.2) is 30.3 Å². The summed E-state index contributed by atoms with van der Waals surface area (Å²) >= 11 is 13.3. The molecule has 1 aromatic carbocycles. The minimum absolute atomic E-state index is 0.0982. The van der Waals surface area contributed by atoms with Gasteiger partial charge in [-0.1, -0.05) is 23.2 Å². The number of fused-ring (bicyclic) bond motifs is 1. The molecule has 126 valence electrons. The zero-order valence-electron chi connectivity index (χ0n) is 12.7. The van der Waals surface area contributed by atoms with Crippen LogP contribution in [0.25, 0.3) is 0 Å². The van der Waals surface area contributed by atoms with E-state index in [0.29, 0.717) is 20.8 Å². The third-order valence-electron chi connectivity index (χ3n) is 3.56. The third kappa shape index (κ3) is 3.66. The average molecular weight is 385 g/mol. The number of nitrogens with one attached hydrogen (secondary N) is 1. The Kier molecular flexibility index (Phi) is 4.99. The number of anilines is 1. The maximum atomic E-state index is 12.3. The van der Waals surface area contributed by atoms with Crippen molar-refractivity contribution in [2.24, 2.45) is 0 Å². The second-order valence-corrected chi connectivity index (χ2v) is 7.49. The first kappa shape index (κ1) is 17.1. The summed E-state index contributed by atoms with van der Waals surface area (Å²) < 4.78 is 6.03. The van der Waals surface area contributed by atoms with Crippen LogP contribution in [0.2, 0.25) is 9.36 Å². The van der Waals surface area contributed by atoms with Gasteiger partial charge in [0, 0.05) is 9.90 Å². The molecule has 0 saturated carbocycles. The molecule has 3 rings (SSSR count). The predicted octanol–water partition coefficient (Wildman–Crippen LogP) is 3.66. The van der Waals surface area contributed by atoms with Gasteiger partial charge >= 0.3 is 0 Å². The van der Waals surface area contributed by atoms with Gasteiger partial charge in [0.15, 0.2) is 6.61 Å². The maximum Gasteiger partial charge on any atom is 0.265 e. The molecule has 1 N–H and O–H groups in total. The molecule has 0 spiro atoms. The Hall–Kier alpha value is -1.76. The van der Waals surface area contributed by atoms with Crippen LogP contribution < -0.4 is 15.0 Å². The molecule has 1 aliphatic rings. The molecule has 0 aliphatic carbocycles. The minimum atomic E-state index is -0.285. The fourth-order valence-electron chi connectivity index (χ4n) is 2.41. The van der Waals surface area contributed by atoms with Crippen LogP contribution in [0.5, 0.6) is 5.75 Å². The molecular weight excluding hydrogens is 371 g/mol. The van der Waals surface area contributed by atoms with Crippen molar-refractivity contribution < 1.29 is 14.3 Å². The van der Waals surface area contributed by atoms with E-state index in [0.717, 1.165) is 4.88 Å². The van der Waals surface area contributed by atoms with Crippen molar-refractivity contribution in [1.29, 1.82) is 0 Å². The van der Waals surface area contributed by atoms with Gasteiger partial charge in [-0.25, -0.2) is 0 Å². The zero-order valence-corrected chi connectivity index (χ0v) is 15.0. The highest BCUT2D eigenvalue weighted by molar-refractivity contribution is 7.16. The number of nitrogens with zero attached hydrogens (tertiary/aromatic N) is 1. The van der Waals surface area contributed by atoms with E-state index >= 15 is 0 Å². The highest BCUT2D eigenvalue weighted by Gasteiger charge is 2.28. The summed E-state index contributed by atoms with van der Waals surface area (Å²) in [5.41, 5.74) is 0.501. The lowest BCUT2D eigenvalue weighted by Gasteiger charge is -2.29. The van der Waals surface area contributed by atoms with E-state index in [1.165, 1.54) is 16.2 Å². The molecule has 1 aromatic heterocycles. The molecule has 5 nitrogen and oxygen atoms in total. The van der Waals surface area contributed by atoms with E-state index in [-0.39, 0.29) is 31.0 Å². The summed E-state index contributed by atoms with van der Waals surface area (Å²) in [5.74, 6) is -0.0233. The first-order valence-corrected chi connectivity index (χ1v) is 8.78. The Morgan fingerprint density at radius 1 is 1.38 bits per heavy atom. The lowest BCUT2D eigenvalue weighted by atomic mass is 10.2. The number of amides is 2. The first-order chi connectivity index (χ1) is 11.4. The van der Waals surface area contributed by atoms with Gasteiger partial charge in [0.25, 0.3) is 5.91 Å². The highest BCUT2D eigenvalue weighted by Crippen LogP contribution is 2.34. The molecule has 2 heterocycles. The quantitative estimate of drug-likeness (QED) is 0.874. The van der Waals surface area contributed by atoms with Crippen molar-refractivity contribution in [2.75, 3.05) is 18.1 Å². The Labute approximate surface area is 153 Å². The highest BCUT2D eigenvalue weighted by atomic mass is 35.5. The van der Waals surface area contributed by atoms with Crippen LogP contribution in [-0.2, 0) is 9.59 Å². The monoisotopic (exact) mass is 384 g/mol. The number of benzene rings is 1. The predicted molar refractivity (Wildman–Crippen MR) is 95.2 cm³/mol. The van der Waals surface area contributed by atoms with Crippen LogP contribution >= 0.6 is 34.5 Å². The van der Waals surface area contributed by atoms with Gasteiger partial charge in [-0.05, 0) is 37.3 Å². The van der Waals surface area contributed by atoms with E-state index in [2.05, 4.69) is 5.32 Å². The van der Waals surface area contributed by atoms with Crippen molar-refractivity contribution in [1.82, 2.24) is 5.32 Å². The van der Waals surface area contributed by atoms with Crippen molar-refractivity contribution in [2.45, 2.75) is 13.0 Å². The van der Waals surface area contributed by atoms with Crippen molar-refractivity contribution in [3.05, 3.63) is 44.6 Å². The van der Waals surface area contributed by atoms with Crippen molar-refractivity contribution in [3.8, 4) is 5.75 Å². The number of halogens is 2. The van der Waals surface area contributed by atoms with Gasteiger partial charge in [0.2, 0.25) is 5.91 Å². The molecule has 0 fully saturated rings. The summed E-state index contributed by atoms with van der Waals surface area (Å²) in [6.45, 7) is 1.67. The van der Waals surface area contributed by atoms with Crippen LogP contribution in [0.4, 0.5) is 5.69 Å². The number of rotatable bonds is 4. The first-order valence-electron chi connectivity index (χ1n) is 7.21. The third-order valence-corrected chi connectivity index (χ3v) is 5.21. The second-order valence-electron chi connectivity index (χ2n) is 5.31. The minimum Gasteiger partial charge on any atom is -0.482 e. The van der Waals surface area contributed by atoms with Gasteiger partial charge in [0.05, 0.1) is 16.1 Å². The summed E-state index contributed by atoms with van der Waals surface area (Å²) in [6.07, 6.45) is 0. The molecule has 0 saturated heterocycles. The number of hydrogen-bond acceptors (Lipinski definition) is 4. The normalized spacial score (nSPS) is 14.8. The van der Waals surface area contributed by atoms with Crippen molar-refractivity contribution >= 4 is 52.0 Å². The number of carbonyl (C=O) groups is 2. The smallest absolute Gasteiger partial charge is 0.265 e. The molecule has 8 heteroatoms. The van der Waals surface area contributed by atoms with Gasteiger partial charge < -0.3 is 10.1 Å². The fraction of sp³-hybridized carbons (Fsp3) is 0.250. The van der Waals surface area contributed by atoms with E-state index in [4.69, 9.17) is 27.9 Å². The SMILES string of the molecule is CC(NC(=O)CN1C(=O)COc2ccc(Cl)cc21)c1ccc(Cl)s1. The maximum absolute atomic E-state index is 12.3. The zero-order chi connectivity index (χ0) is 17.3. The van der Waals surface area contributed by atoms with Gasteiger partial charge in [-0.2, -0.15) is 0 Å². The van der Waals surface area contributed by atoms with Crippen LogP contribution in [0, 0.1) is 0 Å². The number of ether oxygens (including phenoxy) is 1. The van der Waals surface area contributed by atoms with Gasteiger partial charge in [-0.15, -0.1) is 11.3 Å². The van der Waals surface area contributed by atoms with E-state index in [9.17, 15) is 9.59 Å². The molecule has 0 bridgehead atoms. The Balaban J connectivity index is 1.72. The summed E-state index contributed by atoms with van der Waals surface area (Å²) in [4.78, 5) is 26.8. The fourth-order valence-corrected chi connectivity index (χ4v) is 3.64. The molecule has 1 unspecified atom stereocenters. The Morgan fingerprint density at radius 2 is 2.17 bits per heavy atom. The molecule has 1 aliphatic heterocycles. The molecule has 2 amide bonds. The molecular formula is C16H14Cl2N2O3S. The molecule has 0 radical (unpaired) electrons.